The lowest BCUT2D eigenvalue weighted by Crippen LogP contribution is -2.30. The van der Waals surface area contributed by atoms with Crippen LogP contribution in [0.25, 0.3) is 0 Å². The van der Waals surface area contributed by atoms with Gasteiger partial charge in [-0.25, -0.2) is 4.39 Å². The van der Waals surface area contributed by atoms with Gasteiger partial charge < -0.3 is 19.5 Å². The third-order valence-corrected chi connectivity index (χ3v) is 4.94. The summed E-state index contributed by atoms with van der Waals surface area (Å²) in [7, 11) is 0. The molecule has 0 fully saturated rings. The summed E-state index contributed by atoms with van der Waals surface area (Å²) in [5, 5.41) is 2.82. The molecule has 1 N–H and O–H groups in total. The Labute approximate surface area is 184 Å². The van der Waals surface area contributed by atoms with E-state index in [1.165, 1.54) is 24.3 Å². The zero-order chi connectivity index (χ0) is 22.3. The van der Waals surface area contributed by atoms with Crippen LogP contribution >= 0.6 is 0 Å². The largest absolute Gasteiger partial charge is 0.486 e. The van der Waals surface area contributed by atoms with Gasteiger partial charge in [-0.15, -0.1) is 0 Å². The van der Waals surface area contributed by atoms with Crippen molar-refractivity contribution in [2.75, 3.05) is 26.4 Å². The van der Waals surface area contributed by atoms with Gasteiger partial charge in [-0.2, -0.15) is 0 Å². The molecule has 0 radical (unpaired) electrons. The third-order valence-electron chi connectivity index (χ3n) is 4.94. The number of amides is 1. The Bertz CT molecular complexity index is 1100. The van der Waals surface area contributed by atoms with Crippen LogP contribution < -0.4 is 19.5 Å². The molecule has 0 aromatic heterocycles. The van der Waals surface area contributed by atoms with Crippen LogP contribution in [0.1, 0.15) is 21.5 Å². The van der Waals surface area contributed by atoms with Crippen LogP contribution in [-0.2, 0) is 11.2 Å². The first kappa shape index (κ1) is 21.4. The summed E-state index contributed by atoms with van der Waals surface area (Å²) >= 11 is 0. The molecule has 32 heavy (non-hydrogen) atoms. The smallest absolute Gasteiger partial charge is 0.257 e. The highest BCUT2D eigenvalue weighted by atomic mass is 19.1. The van der Waals surface area contributed by atoms with Crippen LogP contribution in [0, 0.1) is 5.82 Å². The Balaban J connectivity index is 1.22. The standard InChI is InChI=1S/C25H22FNO5/c26-20-6-2-18(3-7-20)25(29)19-4-8-21(9-5-19)32-16-24(28)27-12-11-17-1-10-22-23(15-17)31-14-13-30-22/h1-10,15H,11-14,16H2,(H,27,28). The van der Waals surface area contributed by atoms with E-state index < -0.39 is 5.82 Å². The van der Waals surface area contributed by atoms with Crippen molar-refractivity contribution in [3.8, 4) is 17.2 Å². The van der Waals surface area contributed by atoms with Gasteiger partial charge in [0.2, 0.25) is 0 Å². The highest BCUT2D eigenvalue weighted by Crippen LogP contribution is 2.30. The molecule has 0 unspecified atom stereocenters. The molecular formula is C25H22FNO5. The maximum absolute atomic E-state index is 13.0. The fourth-order valence-corrected chi connectivity index (χ4v) is 3.26. The van der Waals surface area contributed by atoms with Gasteiger partial charge >= 0.3 is 0 Å². The van der Waals surface area contributed by atoms with E-state index in [9.17, 15) is 14.0 Å². The van der Waals surface area contributed by atoms with Crippen molar-refractivity contribution >= 4 is 11.7 Å². The number of benzene rings is 3. The molecular weight excluding hydrogens is 413 g/mol. The molecule has 3 aromatic rings. The number of carbonyl (C=O) groups excluding carboxylic acids is 2. The van der Waals surface area contributed by atoms with Gasteiger partial charge in [0, 0.05) is 17.7 Å². The van der Waals surface area contributed by atoms with Gasteiger partial charge in [0.05, 0.1) is 0 Å². The maximum Gasteiger partial charge on any atom is 0.257 e. The zero-order valence-corrected chi connectivity index (χ0v) is 17.3. The van der Waals surface area contributed by atoms with E-state index >= 15 is 0 Å². The molecule has 0 spiro atoms. The summed E-state index contributed by atoms with van der Waals surface area (Å²) in [6.45, 7) is 1.42. The third kappa shape index (κ3) is 5.43. The fourth-order valence-electron chi connectivity index (χ4n) is 3.26. The minimum absolute atomic E-state index is 0.133. The van der Waals surface area contributed by atoms with E-state index in [4.69, 9.17) is 14.2 Å². The van der Waals surface area contributed by atoms with Gasteiger partial charge in [0.1, 0.15) is 24.8 Å². The molecule has 7 heteroatoms. The molecule has 1 aliphatic rings. The molecule has 4 rings (SSSR count). The molecule has 6 nitrogen and oxygen atoms in total. The number of hydrogen-bond acceptors (Lipinski definition) is 5. The van der Waals surface area contributed by atoms with Crippen LogP contribution in [0.2, 0.25) is 0 Å². The Hall–Kier alpha value is -3.87. The highest BCUT2D eigenvalue weighted by molar-refractivity contribution is 6.09. The highest BCUT2D eigenvalue weighted by Gasteiger charge is 2.12. The molecule has 1 amide bonds. The van der Waals surface area contributed by atoms with Gasteiger partial charge in [0.15, 0.2) is 23.9 Å². The number of nitrogens with one attached hydrogen (secondary N) is 1. The van der Waals surface area contributed by atoms with Crippen LogP contribution in [-0.4, -0.2) is 38.1 Å². The number of halogens is 1. The lowest BCUT2D eigenvalue weighted by atomic mass is 10.0. The molecule has 1 aliphatic heterocycles. The molecule has 164 valence electrons. The molecule has 0 aliphatic carbocycles. The molecule has 0 saturated carbocycles. The minimum atomic E-state index is -0.394. The van der Waals surface area contributed by atoms with E-state index in [-0.39, 0.29) is 18.3 Å². The summed E-state index contributed by atoms with van der Waals surface area (Å²) in [4.78, 5) is 24.5. The molecule has 3 aromatic carbocycles. The molecule has 0 saturated heterocycles. The summed E-state index contributed by atoms with van der Waals surface area (Å²) in [6, 6.07) is 17.6. The molecule has 1 heterocycles. The van der Waals surface area contributed by atoms with Crippen LogP contribution in [0.15, 0.2) is 66.7 Å². The zero-order valence-electron chi connectivity index (χ0n) is 17.3. The van der Waals surface area contributed by atoms with Crippen LogP contribution in [0.3, 0.4) is 0 Å². The quantitative estimate of drug-likeness (QED) is 0.548. The van der Waals surface area contributed by atoms with Gasteiger partial charge in [-0.05, 0) is 72.6 Å². The number of hydrogen-bond donors (Lipinski definition) is 1. The number of carbonyl (C=O) groups is 2. The van der Waals surface area contributed by atoms with Gasteiger partial charge in [-0.1, -0.05) is 6.07 Å². The average molecular weight is 435 g/mol. The van der Waals surface area contributed by atoms with Crippen LogP contribution in [0.4, 0.5) is 4.39 Å². The normalized spacial score (nSPS) is 12.2. The number of ether oxygens (including phenoxy) is 3. The molecule has 0 bridgehead atoms. The Morgan fingerprint density at radius 1 is 0.875 bits per heavy atom. The summed E-state index contributed by atoms with van der Waals surface area (Å²) in [5.41, 5.74) is 1.89. The summed E-state index contributed by atoms with van der Waals surface area (Å²) in [6.07, 6.45) is 0.655. The van der Waals surface area contributed by atoms with E-state index in [1.807, 2.05) is 18.2 Å². The van der Waals surface area contributed by atoms with Crippen molar-refractivity contribution < 1.29 is 28.2 Å². The average Bonchev–Trinajstić information content (AvgIpc) is 2.83. The van der Waals surface area contributed by atoms with Gasteiger partial charge in [-0.3, -0.25) is 9.59 Å². The SMILES string of the molecule is O=C(COc1ccc(C(=O)c2ccc(F)cc2)cc1)NCCc1ccc2c(c1)OCCO2. The topological polar surface area (TPSA) is 73.9 Å². The van der Waals surface area contributed by atoms with Crippen molar-refractivity contribution in [1.29, 1.82) is 0 Å². The first-order valence-corrected chi connectivity index (χ1v) is 10.3. The van der Waals surface area contributed by atoms with Crippen molar-refractivity contribution in [1.82, 2.24) is 5.32 Å². The first-order chi connectivity index (χ1) is 15.6. The molecule has 0 atom stereocenters. The number of rotatable bonds is 8. The first-order valence-electron chi connectivity index (χ1n) is 10.3. The number of fused-ring (bicyclic) bond motifs is 1. The maximum atomic E-state index is 13.0. The Morgan fingerprint density at radius 3 is 2.25 bits per heavy atom. The summed E-state index contributed by atoms with van der Waals surface area (Å²) < 4.78 is 29.6. The Morgan fingerprint density at radius 2 is 1.53 bits per heavy atom. The van der Waals surface area contributed by atoms with Crippen molar-refractivity contribution in [3.63, 3.8) is 0 Å². The summed E-state index contributed by atoms with van der Waals surface area (Å²) in [5.74, 6) is 1.09. The monoisotopic (exact) mass is 435 g/mol. The van der Waals surface area contributed by atoms with Crippen molar-refractivity contribution in [3.05, 3.63) is 89.2 Å². The van der Waals surface area contributed by atoms with Crippen molar-refractivity contribution in [2.45, 2.75) is 6.42 Å². The lowest BCUT2D eigenvalue weighted by Gasteiger charge is -2.18. The van der Waals surface area contributed by atoms with E-state index in [0.717, 1.165) is 17.1 Å². The fraction of sp³-hybridized carbons (Fsp3) is 0.200. The minimum Gasteiger partial charge on any atom is -0.486 e. The second-order valence-corrected chi connectivity index (χ2v) is 7.23. The Kier molecular flexibility index (Phi) is 6.65. The predicted octanol–water partition coefficient (Wildman–Crippen LogP) is 3.57. The lowest BCUT2D eigenvalue weighted by molar-refractivity contribution is -0.123. The van der Waals surface area contributed by atoms with Crippen molar-refractivity contribution in [2.24, 2.45) is 0 Å². The number of ketones is 1. The van der Waals surface area contributed by atoms with E-state index in [1.54, 1.807) is 24.3 Å². The van der Waals surface area contributed by atoms with Crippen LogP contribution in [0.5, 0.6) is 17.2 Å². The second kappa shape index (κ2) is 9.96. The second-order valence-electron chi connectivity index (χ2n) is 7.23. The van der Waals surface area contributed by atoms with E-state index in [2.05, 4.69) is 5.32 Å². The van der Waals surface area contributed by atoms with Gasteiger partial charge in [0.25, 0.3) is 5.91 Å². The van der Waals surface area contributed by atoms with E-state index in [0.29, 0.717) is 43.1 Å². The predicted molar refractivity (Wildman–Crippen MR) is 116 cm³/mol.